The molecule has 15 heavy (non-hydrogen) atoms. The van der Waals surface area contributed by atoms with Gasteiger partial charge in [0.05, 0.1) is 11.4 Å². The van der Waals surface area contributed by atoms with Gasteiger partial charge in [0.25, 0.3) is 0 Å². The zero-order valence-electron chi connectivity index (χ0n) is 9.77. The predicted molar refractivity (Wildman–Crippen MR) is 64.0 cm³/mol. The summed E-state index contributed by atoms with van der Waals surface area (Å²) in [4.78, 5) is 13.9. The van der Waals surface area contributed by atoms with Crippen LogP contribution < -0.4 is 0 Å². The van der Waals surface area contributed by atoms with Gasteiger partial charge < -0.3 is 10.0 Å². The zero-order valence-corrected chi connectivity index (χ0v) is 10.6. The monoisotopic (exact) mass is 231 g/mol. The lowest BCUT2D eigenvalue weighted by atomic mass is 10.3. The molecule has 1 rings (SSSR count). The van der Waals surface area contributed by atoms with Gasteiger partial charge in [-0.15, -0.1) is 11.8 Å². The highest BCUT2D eigenvalue weighted by molar-refractivity contribution is 8.01. The zero-order chi connectivity index (χ0) is 11.4. The van der Waals surface area contributed by atoms with Crippen molar-refractivity contribution in [2.75, 3.05) is 13.1 Å². The van der Waals surface area contributed by atoms with E-state index in [1.165, 1.54) is 0 Å². The van der Waals surface area contributed by atoms with Gasteiger partial charge in [-0.25, -0.2) is 0 Å². The largest absolute Gasteiger partial charge is 0.392 e. The van der Waals surface area contributed by atoms with Crippen LogP contribution in [0.3, 0.4) is 0 Å². The van der Waals surface area contributed by atoms with Gasteiger partial charge in [0.2, 0.25) is 5.91 Å². The van der Waals surface area contributed by atoms with Gasteiger partial charge in [-0.3, -0.25) is 4.79 Å². The lowest BCUT2D eigenvalue weighted by Crippen LogP contribution is -2.35. The van der Waals surface area contributed by atoms with Gasteiger partial charge in [-0.05, 0) is 26.7 Å². The summed E-state index contributed by atoms with van der Waals surface area (Å²) >= 11 is 1.56. The molecule has 0 aromatic rings. The van der Waals surface area contributed by atoms with E-state index in [9.17, 15) is 9.90 Å². The van der Waals surface area contributed by atoms with Crippen molar-refractivity contribution in [2.24, 2.45) is 0 Å². The number of carbonyl (C=O) groups is 1. The van der Waals surface area contributed by atoms with Crippen LogP contribution in [-0.4, -0.2) is 45.6 Å². The van der Waals surface area contributed by atoms with Crippen LogP contribution in [0.4, 0.5) is 0 Å². The van der Waals surface area contributed by atoms with E-state index in [1.54, 1.807) is 18.7 Å². The summed E-state index contributed by atoms with van der Waals surface area (Å²) in [5, 5.41) is 9.45. The molecule has 0 aliphatic carbocycles. The number of likely N-dealkylation sites (tertiary alicyclic amines) is 1. The Morgan fingerprint density at radius 3 is 2.27 bits per heavy atom. The fourth-order valence-electron chi connectivity index (χ4n) is 1.69. The SMILES string of the molecule is C[C@H](S[C@H](C)[C@@H](C)O)C(=O)N1CCCC1. The Kier molecular flexibility index (Phi) is 4.93. The van der Waals surface area contributed by atoms with Crippen molar-refractivity contribution in [1.82, 2.24) is 4.90 Å². The Bertz CT molecular complexity index is 215. The van der Waals surface area contributed by atoms with Gasteiger partial charge in [-0.1, -0.05) is 6.92 Å². The Hall–Kier alpha value is -0.220. The molecule has 0 saturated carbocycles. The average molecular weight is 231 g/mol. The quantitative estimate of drug-likeness (QED) is 0.797. The fraction of sp³-hybridized carbons (Fsp3) is 0.909. The minimum Gasteiger partial charge on any atom is -0.392 e. The molecule has 1 saturated heterocycles. The highest BCUT2D eigenvalue weighted by Crippen LogP contribution is 2.23. The van der Waals surface area contributed by atoms with Crippen LogP contribution in [-0.2, 0) is 4.79 Å². The van der Waals surface area contributed by atoms with E-state index >= 15 is 0 Å². The topological polar surface area (TPSA) is 40.5 Å². The second kappa shape index (κ2) is 5.75. The van der Waals surface area contributed by atoms with Crippen LogP contribution in [0.25, 0.3) is 0 Å². The van der Waals surface area contributed by atoms with E-state index in [0.29, 0.717) is 0 Å². The Labute approximate surface area is 96.2 Å². The van der Waals surface area contributed by atoms with Crippen LogP contribution in [0.1, 0.15) is 33.6 Å². The molecule has 88 valence electrons. The van der Waals surface area contributed by atoms with Gasteiger partial charge in [-0.2, -0.15) is 0 Å². The van der Waals surface area contributed by atoms with Crippen molar-refractivity contribution in [3.8, 4) is 0 Å². The maximum absolute atomic E-state index is 11.9. The summed E-state index contributed by atoms with van der Waals surface area (Å²) in [5.41, 5.74) is 0. The van der Waals surface area contributed by atoms with Gasteiger partial charge in [0, 0.05) is 18.3 Å². The summed E-state index contributed by atoms with van der Waals surface area (Å²) < 4.78 is 0. The summed E-state index contributed by atoms with van der Waals surface area (Å²) in [6.07, 6.45) is 1.91. The molecule has 3 atom stereocenters. The molecule has 0 radical (unpaired) electrons. The van der Waals surface area contributed by atoms with E-state index in [4.69, 9.17) is 0 Å². The molecular weight excluding hydrogens is 210 g/mol. The van der Waals surface area contributed by atoms with Crippen molar-refractivity contribution < 1.29 is 9.90 Å². The van der Waals surface area contributed by atoms with Crippen LogP contribution in [0.2, 0.25) is 0 Å². The molecule has 3 nitrogen and oxygen atoms in total. The highest BCUT2D eigenvalue weighted by atomic mass is 32.2. The normalized spacial score (nSPS) is 22.5. The number of nitrogens with zero attached hydrogens (tertiary/aromatic N) is 1. The molecule has 1 amide bonds. The fourth-order valence-corrected chi connectivity index (χ4v) is 2.83. The molecule has 4 heteroatoms. The van der Waals surface area contributed by atoms with E-state index in [1.807, 2.05) is 18.7 Å². The molecule has 0 bridgehead atoms. The average Bonchev–Trinajstić information content (AvgIpc) is 2.68. The Balaban J connectivity index is 2.38. The number of carbonyl (C=O) groups excluding carboxylic acids is 1. The summed E-state index contributed by atoms with van der Waals surface area (Å²) in [6, 6.07) is 0. The van der Waals surface area contributed by atoms with Crippen LogP contribution in [0.5, 0.6) is 0 Å². The maximum Gasteiger partial charge on any atom is 0.235 e. The van der Waals surface area contributed by atoms with Gasteiger partial charge in [0.1, 0.15) is 0 Å². The predicted octanol–water partition coefficient (Wildman–Crippen LogP) is 1.50. The lowest BCUT2D eigenvalue weighted by Gasteiger charge is -2.23. The summed E-state index contributed by atoms with van der Waals surface area (Å²) in [6.45, 7) is 7.48. The third-order valence-electron chi connectivity index (χ3n) is 2.86. The van der Waals surface area contributed by atoms with E-state index < -0.39 is 0 Å². The van der Waals surface area contributed by atoms with E-state index in [0.717, 1.165) is 25.9 Å². The Morgan fingerprint density at radius 2 is 1.80 bits per heavy atom. The molecule has 1 heterocycles. The first kappa shape index (κ1) is 12.8. The number of aliphatic hydroxyl groups excluding tert-OH is 1. The molecule has 0 aromatic heterocycles. The standard InChI is InChI=1S/C11H21NO2S/c1-8(13)9(2)15-10(3)11(14)12-6-4-5-7-12/h8-10,13H,4-7H2,1-3H3/t8-,9-,10+/m1/s1. The van der Waals surface area contributed by atoms with Crippen LogP contribution >= 0.6 is 11.8 Å². The first-order chi connectivity index (χ1) is 7.02. The molecule has 1 aliphatic rings. The molecule has 0 spiro atoms. The van der Waals surface area contributed by atoms with E-state index in [2.05, 4.69) is 0 Å². The third-order valence-corrected chi connectivity index (χ3v) is 4.30. The number of amides is 1. The van der Waals surface area contributed by atoms with Crippen molar-refractivity contribution in [3.05, 3.63) is 0 Å². The van der Waals surface area contributed by atoms with Crippen molar-refractivity contribution in [2.45, 2.75) is 50.2 Å². The first-order valence-electron chi connectivity index (χ1n) is 5.64. The van der Waals surface area contributed by atoms with Crippen LogP contribution in [0, 0.1) is 0 Å². The number of rotatable bonds is 4. The Morgan fingerprint density at radius 1 is 1.27 bits per heavy atom. The smallest absolute Gasteiger partial charge is 0.235 e. The molecule has 1 aliphatic heterocycles. The van der Waals surface area contributed by atoms with Crippen LogP contribution in [0.15, 0.2) is 0 Å². The number of aliphatic hydroxyl groups is 1. The molecule has 1 fully saturated rings. The van der Waals surface area contributed by atoms with Gasteiger partial charge >= 0.3 is 0 Å². The molecule has 1 N–H and O–H groups in total. The van der Waals surface area contributed by atoms with E-state index in [-0.39, 0.29) is 22.5 Å². The minimum absolute atomic E-state index is 0.0345. The second-order valence-electron chi connectivity index (χ2n) is 4.26. The molecular formula is C11H21NO2S. The number of hydrogen-bond acceptors (Lipinski definition) is 3. The number of thioether (sulfide) groups is 1. The summed E-state index contributed by atoms with van der Waals surface area (Å²) in [7, 11) is 0. The molecule has 0 aromatic carbocycles. The second-order valence-corrected chi connectivity index (χ2v) is 5.98. The summed E-state index contributed by atoms with van der Waals surface area (Å²) in [5.74, 6) is 0.227. The third kappa shape index (κ3) is 3.68. The first-order valence-corrected chi connectivity index (χ1v) is 6.59. The van der Waals surface area contributed by atoms with Gasteiger partial charge in [0.15, 0.2) is 0 Å². The van der Waals surface area contributed by atoms with Crippen molar-refractivity contribution in [1.29, 1.82) is 0 Å². The molecule has 0 unspecified atom stereocenters. The lowest BCUT2D eigenvalue weighted by molar-refractivity contribution is -0.129. The van der Waals surface area contributed by atoms with Crippen molar-refractivity contribution >= 4 is 17.7 Å². The number of hydrogen-bond donors (Lipinski definition) is 1. The highest BCUT2D eigenvalue weighted by Gasteiger charge is 2.25. The maximum atomic E-state index is 11.9. The minimum atomic E-state index is -0.358. The van der Waals surface area contributed by atoms with Crippen molar-refractivity contribution in [3.63, 3.8) is 0 Å².